The molecule has 0 spiro atoms. The Labute approximate surface area is 152 Å². The molecule has 4 rings (SSSR count). The van der Waals surface area contributed by atoms with Crippen molar-refractivity contribution in [3.63, 3.8) is 0 Å². The Bertz CT molecular complexity index is 824. The second-order valence-electron chi connectivity index (χ2n) is 7.11. The third-order valence-electron chi connectivity index (χ3n) is 5.30. The number of likely N-dealkylation sites (N-methyl/N-ethyl adjacent to an activating group) is 1. The van der Waals surface area contributed by atoms with E-state index in [1.54, 1.807) is 6.20 Å². The fourth-order valence-corrected chi connectivity index (χ4v) is 3.75. The summed E-state index contributed by atoms with van der Waals surface area (Å²) < 4.78 is 1.48. The average Bonchev–Trinajstić information content (AvgIpc) is 2.99. The molecule has 9 nitrogen and oxygen atoms in total. The fraction of sp³-hybridized carbons (Fsp3) is 0.529. The molecule has 1 fully saturated rings. The number of hydrogen-bond donors (Lipinski definition) is 2. The van der Waals surface area contributed by atoms with Crippen LogP contribution in [-0.4, -0.2) is 68.7 Å². The monoisotopic (exact) mass is 356 g/mol. The zero-order valence-electron chi connectivity index (χ0n) is 14.9. The number of hydrogen-bond acceptors (Lipinski definition) is 7. The van der Waals surface area contributed by atoms with Crippen molar-refractivity contribution in [1.29, 1.82) is 0 Å². The summed E-state index contributed by atoms with van der Waals surface area (Å²) in [4.78, 5) is 25.6. The molecular formula is C17H24N8O. The van der Waals surface area contributed by atoms with Gasteiger partial charge in [0.1, 0.15) is 0 Å². The lowest BCUT2D eigenvalue weighted by Crippen LogP contribution is -2.49. The number of nitrogen functional groups attached to an aromatic ring is 2. The van der Waals surface area contributed by atoms with E-state index in [0.29, 0.717) is 6.42 Å². The minimum atomic E-state index is 0.0149. The Kier molecular flexibility index (Phi) is 4.23. The van der Waals surface area contributed by atoms with Crippen LogP contribution in [0.15, 0.2) is 12.3 Å². The van der Waals surface area contributed by atoms with Crippen molar-refractivity contribution in [2.45, 2.75) is 19.3 Å². The van der Waals surface area contributed by atoms with Gasteiger partial charge in [-0.25, -0.2) is 0 Å². The number of rotatable bonds is 2. The van der Waals surface area contributed by atoms with Crippen LogP contribution >= 0.6 is 0 Å². The molecular weight excluding hydrogens is 332 g/mol. The highest BCUT2D eigenvalue weighted by Gasteiger charge is 2.30. The van der Waals surface area contributed by atoms with E-state index in [9.17, 15) is 4.79 Å². The lowest BCUT2D eigenvalue weighted by molar-refractivity contribution is -0.137. The number of fused-ring (bicyclic) bond motifs is 1. The van der Waals surface area contributed by atoms with Crippen molar-refractivity contribution in [2.24, 2.45) is 5.92 Å². The molecule has 2 aromatic rings. The van der Waals surface area contributed by atoms with Crippen LogP contribution < -0.4 is 11.5 Å². The Morgan fingerprint density at radius 3 is 2.69 bits per heavy atom. The molecule has 3 heterocycles. The number of nitrogens with two attached hydrogens (primary N) is 2. The summed E-state index contributed by atoms with van der Waals surface area (Å²) in [5, 5.41) is 4.10. The van der Waals surface area contributed by atoms with Crippen LogP contribution in [0.3, 0.4) is 0 Å². The van der Waals surface area contributed by atoms with Crippen molar-refractivity contribution in [2.75, 3.05) is 44.7 Å². The summed E-state index contributed by atoms with van der Waals surface area (Å²) in [7, 11) is 2.09. The first-order valence-electron chi connectivity index (χ1n) is 8.95. The van der Waals surface area contributed by atoms with Crippen LogP contribution in [0.5, 0.6) is 0 Å². The summed E-state index contributed by atoms with van der Waals surface area (Å²) in [6.45, 7) is 3.50. The number of nitrogens with zero attached hydrogens (tertiary/aromatic N) is 6. The van der Waals surface area contributed by atoms with Gasteiger partial charge >= 0.3 is 0 Å². The van der Waals surface area contributed by atoms with Gasteiger partial charge in [-0.1, -0.05) is 0 Å². The van der Waals surface area contributed by atoms with Gasteiger partial charge in [-0.15, -0.1) is 5.10 Å². The number of pyridine rings is 1. The van der Waals surface area contributed by atoms with Crippen LogP contribution in [0, 0.1) is 5.92 Å². The number of aryl methyl sites for hydroxylation is 1. The van der Waals surface area contributed by atoms with Crippen molar-refractivity contribution >= 4 is 17.8 Å². The topological polar surface area (TPSA) is 119 Å². The maximum Gasteiger partial charge on any atom is 0.241 e. The van der Waals surface area contributed by atoms with Crippen LogP contribution in [0.4, 0.5) is 11.9 Å². The number of carbonyl (C=O) groups is 1. The molecule has 0 bridgehead atoms. The summed E-state index contributed by atoms with van der Waals surface area (Å²) in [5.41, 5.74) is 14.3. The van der Waals surface area contributed by atoms with E-state index in [0.717, 1.165) is 56.0 Å². The molecule has 0 radical (unpaired) electrons. The molecule has 1 atom stereocenters. The van der Waals surface area contributed by atoms with E-state index in [4.69, 9.17) is 11.5 Å². The molecule has 1 saturated heterocycles. The van der Waals surface area contributed by atoms with Gasteiger partial charge in [0.05, 0.1) is 11.9 Å². The molecule has 0 saturated carbocycles. The first-order valence-corrected chi connectivity index (χ1v) is 8.95. The Morgan fingerprint density at radius 2 is 2.00 bits per heavy atom. The number of aromatic nitrogens is 4. The number of piperazine rings is 1. The number of carbonyl (C=O) groups excluding carboxylic acids is 1. The fourth-order valence-electron chi connectivity index (χ4n) is 3.75. The van der Waals surface area contributed by atoms with Gasteiger partial charge in [-0.05, 0) is 37.9 Å². The summed E-state index contributed by atoms with van der Waals surface area (Å²) in [5.74, 6) is 0.633. The SMILES string of the molecule is CN1CCN(C(=O)C2CCc3ncc(-n4nc(N)nc4N)cc3C2)CC1. The summed E-state index contributed by atoms with van der Waals surface area (Å²) >= 11 is 0. The van der Waals surface area contributed by atoms with Crippen LogP contribution in [0.2, 0.25) is 0 Å². The van der Waals surface area contributed by atoms with Crippen molar-refractivity contribution in [1.82, 2.24) is 29.5 Å². The van der Waals surface area contributed by atoms with E-state index < -0.39 is 0 Å². The highest BCUT2D eigenvalue weighted by atomic mass is 16.2. The molecule has 2 aromatic heterocycles. The highest BCUT2D eigenvalue weighted by molar-refractivity contribution is 5.79. The lowest BCUT2D eigenvalue weighted by atomic mass is 9.85. The molecule has 26 heavy (non-hydrogen) atoms. The van der Waals surface area contributed by atoms with Gasteiger partial charge in [-0.3, -0.25) is 9.78 Å². The maximum atomic E-state index is 12.9. The second-order valence-corrected chi connectivity index (χ2v) is 7.11. The van der Waals surface area contributed by atoms with Gasteiger partial charge < -0.3 is 21.3 Å². The normalized spacial score (nSPS) is 20.8. The molecule has 1 aliphatic carbocycles. The Hall–Kier alpha value is -2.68. The maximum absolute atomic E-state index is 12.9. The van der Waals surface area contributed by atoms with Gasteiger partial charge in [0.15, 0.2) is 0 Å². The molecule has 1 aliphatic heterocycles. The minimum absolute atomic E-state index is 0.0149. The van der Waals surface area contributed by atoms with Gasteiger partial charge in [0.25, 0.3) is 0 Å². The van der Waals surface area contributed by atoms with Crippen molar-refractivity contribution in [3.05, 3.63) is 23.5 Å². The first-order chi connectivity index (χ1) is 12.5. The number of anilines is 2. The van der Waals surface area contributed by atoms with E-state index in [2.05, 4.69) is 27.0 Å². The minimum Gasteiger partial charge on any atom is -0.368 e. The van der Waals surface area contributed by atoms with Crippen LogP contribution in [0.1, 0.15) is 17.7 Å². The van der Waals surface area contributed by atoms with E-state index >= 15 is 0 Å². The molecule has 138 valence electrons. The van der Waals surface area contributed by atoms with E-state index in [1.165, 1.54) is 4.68 Å². The standard InChI is InChI=1S/C17H24N8O/c1-23-4-6-24(7-5-23)15(26)11-2-3-14-12(8-11)9-13(10-20-14)25-17(19)21-16(18)22-25/h9-11H,2-8H2,1H3,(H4,18,19,21,22). The van der Waals surface area contributed by atoms with Crippen LogP contribution in [0.25, 0.3) is 5.69 Å². The van der Waals surface area contributed by atoms with Gasteiger partial charge in [0.2, 0.25) is 17.8 Å². The number of amides is 1. The molecule has 4 N–H and O–H groups in total. The predicted molar refractivity (Wildman–Crippen MR) is 97.6 cm³/mol. The largest absolute Gasteiger partial charge is 0.368 e. The van der Waals surface area contributed by atoms with Crippen molar-refractivity contribution in [3.8, 4) is 5.69 Å². The summed E-state index contributed by atoms with van der Waals surface area (Å²) in [6, 6.07) is 2.00. The smallest absolute Gasteiger partial charge is 0.241 e. The summed E-state index contributed by atoms with van der Waals surface area (Å²) in [6.07, 6.45) is 4.09. The molecule has 2 aliphatic rings. The lowest BCUT2D eigenvalue weighted by Gasteiger charge is -2.35. The second kappa shape index (κ2) is 6.56. The first kappa shape index (κ1) is 16.8. The Balaban J connectivity index is 1.53. The molecule has 1 unspecified atom stereocenters. The average molecular weight is 356 g/mol. The van der Waals surface area contributed by atoms with E-state index in [-0.39, 0.29) is 23.7 Å². The third-order valence-corrected chi connectivity index (χ3v) is 5.30. The molecule has 0 aromatic carbocycles. The highest BCUT2D eigenvalue weighted by Crippen LogP contribution is 2.28. The van der Waals surface area contributed by atoms with Gasteiger partial charge in [0, 0.05) is 37.8 Å². The Morgan fingerprint density at radius 1 is 1.23 bits per heavy atom. The quantitative estimate of drug-likeness (QED) is 0.758. The van der Waals surface area contributed by atoms with Crippen molar-refractivity contribution < 1.29 is 4.79 Å². The molecule has 1 amide bonds. The predicted octanol–water partition coefficient (Wildman–Crippen LogP) is -0.294. The third kappa shape index (κ3) is 3.10. The zero-order valence-corrected chi connectivity index (χ0v) is 14.9. The zero-order chi connectivity index (χ0) is 18.3. The van der Waals surface area contributed by atoms with E-state index in [1.807, 2.05) is 11.0 Å². The van der Waals surface area contributed by atoms with Crippen LogP contribution in [-0.2, 0) is 17.6 Å². The van der Waals surface area contributed by atoms with Gasteiger partial charge in [-0.2, -0.15) is 9.67 Å². The molecule has 9 heteroatoms.